The van der Waals surface area contributed by atoms with Gasteiger partial charge < -0.3 is 10.5 Å². The Morgan fingerprint density at radius 1 is 1.50 bits per heavy atom. The van der Waals surface area contributed by atoms with Gasteiger partial charge in [0.1, 0.15) is 0 Å². The number of hydrogen-bond acceptors (Lipinski definition) is 7. The number of nitrogen functional groups attached to an aromatic ring is 1. The number of nitrogens with two attached hydrogens (primary N) is 1. The van der Waals surface area contributed by atoms with Crippen LogP contribution in [0.2, 0.25) is 0 Å². The lowest BCUT2D eigenvalue weighted by Crippen LogP contribution is -2.39. The minimum atomic E-state index is -2.77. The van der Waals surface area contributed by atoms with E-state index in [1.54, 1.807) is 0 Å². The molecule has 1 aromatic rings. The number of sulfone groups is 1. The molecule has 2 rings (SSSR count). The summed E-state index contributed by atoms with van der Waals surface area (Å²) >= 11 is 1.15. The zero-order valence-corrected chi connectivity index (χ0v) is 8.84. The molecule has 1 aliphatic rings. The molecule has 14 heavy (non-hydrogen) atoms. The molecule has 1 fully saturated rings. The van der Waals surface area contributed by atoms with Gasteiger partial charge >= 0.3 is 0 Å². The maximum Gasteiger partial charge on any atom is 0.295 e. The number of nitrogens with zero attached hydrogens (tertiary/aromatic N) is 2. The zero-order valence-electron chi connectivity index (χ0n) is 7.21. The molecule has 0 spiro atoms. The van der Waals surface area contributed by atoms with E-state index in [0.717, 1.165) is 11.3 Å². The summed E-state index contributed by atoms with van der Waals surface area (Å²) in [5.74, 6) is 0.507. The van der Waals surface area contributed by atoms with Crippen molar-refractivity contribution in [2.75, 3.05) is 23.8 Å². The molecular formula is C6H9N3O3S2. The summed E-state index contributed by atoms with van der Waals surface area (Å²) in [5, 5.41) is 7.97. The Morgan fingerprint density at radius 2 is 2.21 bits per heavy atom. The summed E-state index contributed by atoms with van der Waals surface area (Å²) in [6.45, 7) is 0.369. The Labute approximate surface area is 85.0 Å². The topological polar surface area (TPSA) is 95.2 Å². The average Bonchev–Trinajstić information content (AvgIpc) is 2.44. The Hall–Kier alpha value is -0.890. The van der Waals surface area contributed by atoms with Gasteiger partial charge in [-0.2, -0.15) is 0 Å². The highest BCUT2D eigenvalue weighted by Gasteiger charge is 2.33. The van der Waals surface area contributed by atoms with E-state index >= 15 is 0 Å². The average molecular weight is 235 g/mol. The van der Waals surface area contributed by atoms with Crippen molar-refractivity contribution < 1.29 is 13.2 Å². The molecular weight excluding hydrogens is 226 g/mol. The van der Waals surface area contributed by atoms with Gasteiger partial charge in [-0.1, -0.05) is 5.10 Å². The Kier molecular flexibility index (Phi) is 2.31. The summed E-state index contributed by atoms with van der Waals surface area (Å²) in [5.41, 5.74) is 5.34. The van der Waals surface area contributed by atoms with E-state index in [4.69, 9.17) is 10.5 Å². The number of ether oxygens (including phenoxy) is 1. The van der Waals surface area contributed by atoms with Crippen molar-refractivity contribution in [2.45, 2.75) is 0 Å². The quantitative estimate of drug-likeness (QED) is 0.762. The van der Waals surface area contributed by atoms with Crippen LogP contribution in [0.15, 0.2) is 0 Å². The molecule has 0 aliphatic carbocycles. The van der Waals surface area contributed by atoms with E-state index in [-0.39, 0.29) is 17.4 Å². The molecule has 1 aliphatic heterocycles. The van der Waals surface area contributed by atoms with Crippen LogP contribution in [-0.4, -0.2) is 36.7 Å². The first-order valence-electron chi connectivity index (χ1n) is 3.97. The van der Waals surface area contributed by atoms with Crippen LogP contribution in [0, 0.1) is 5.92 Å². The minimum Gasteiger partial charge on any atom is -0.469 e. The molecule has 0 unspecified atom stereocenters. The van der Waals surface area contributed by atoms with Gasteiger partial charge in [0.05, 0.1) is 18.1 Å². The number of aromatic nitrogens is 2. The molecule has 1 saturated heterocycles. The lowest BCUT2D eigenvalue weighted by molar-refractivity contribution is 0.260. The Bertz CT molecular complexity index is 415. The van der Waals surface area contributed by atoms with E-state index in [9.17, 15) is 8.42 Å². The SMILES string of the molecule is Nc1nnc(OCC2CS(=O)(=O)C2)s1. The number of anilines is 1. The molecule has 0 aromatic carbocycles. The van der Waals surface area contributed by atoms with Gasteiger partial charge in [-0.3, -0.25) is 0 Å². The lowest BCUT2D eigenvalue weighted by Gasteiger charge is -2.24. The second-order valence-electron chi connectivity index (χ2n) is 3.16. The van der Waals surface area contributed by atoms with Crippen LogP contribution < -0.4 is 10.5 Å². The molecule has 6 nitrogen and oxygen atoms in total. The van der Waals surface area contributed by atoms with Crippen LogP contribution in [0.5, 0.6) is 5.19 Å². The molecule has 0 atom stereocenters. The van der Waals surface area contributed by atoms with Gasteiger partial charge in [-0.15, -0.1) is 5.10 Å². The second kappa shape index (κ2) is 3.35. The second-order valence-corrected chi connectivity index (χ2v) is 6.29. The third-order valence-corrected chi connectivity index (χ3v) is 4.47. The first-order valence-corrected chi connectivity index (χ1v) is 6.61. The van der Waals surface area contributed by atoms with Crippen molar-refractivity contribution in [1.82, 2.24) is 10.2 Å². The first-order chi connectivity index (χ1) is 6.55. The molecule has 1 aromatic heterocycles. The van der Waals surface area contributed by atoms with Gasteiger partial charge in [-0.05, 0) is 11.3 Å². The fraction of sp³-hybridized carbons (Fsp3) is 0.667. The van der Waals surface area contributed by atoms with Gasteiger partial charge in [-0.25, -0.2) is 8.42 Å². The van der Waals surface area contributed by atoms with Crippen molar-refractivity contribution in [2.24, 2.45) is 5.92 Å². The van der Waals surface area contributed by atoms with Crippen molar-refractivity contribution in [3.63, 3.8) is 0 Å². The summed E-state index contributed by atoms with van der Waals surface area (Å²) in [6.07, 6.45) is 0. The fourth-order valence-electron chi connectivity index (χ4n) is 1.23. The molecule has 2 N–H and O–H groups in total. The molecule has 2 heterocycles. The van der Waals surface area contributed by atoms with Crippen molar-refractivity contribution in [3.05, 3.63) is 0 Å². The largest absolute Gasteiger partial charge is 0.469 e. The summed E-state index contributed by atoms with van der Waals surface area (Å²) in [7, 11) is -2.77. The third-order valence-electron chi connectivity index (χ3n) is 1.84. The lowest BCUT2D eigenvalue weighted by atomic mass is 10.2. The normalized spacial score (nSPS) is 20.3. The van der Waals surface area contributed by atoms with Gasteiger partial charge in [0.25, 0.3) is 5.19 Å². The molecule has 0 amide bonds. The number of hydrogen-bond donors (Lipinski definition) is 1. The third kappa shape index (κ3) is 2.13. The fourth-order valence-corrected chi connectivity index (χ4v) is 3.23. The minimum absolute atomic E-state index is 0.0881. The van der Waals surface area contributed by atoms with Gasteiger partial charge in [0.2, 0.25) is 5.13 Å². The van der Waals surface area contributed by atoms with Crippen LogP contribution in [0.4, 0.5) is 5.13 Å². The van der Waals surface area contributed by atoms with E-state index in [1.807, 2.05) is 0 Å². The highest BCUT2D eigenvalue weighted by atomic mass is 32.2. The predicted molar refractivity (Wildman–Crippen MR) is 52.0 cm³/mol. The van der Waals surface area contributed by atoms with Gasteiger partial charge in [0.15, 0.2) is 9.84 Å². The van der Waals surface area contributed by atoms with Crippen LogP contribution in [0.1, 0.15) is 0 Å². The summed E-state index contributed by atoms with van der Waals surface area (Å²) < 4.78 is 26.8. The summed E-state index contributed by atoms with van der Waals surface area (Å²) in [4.78, 5) is 0. The van der Waals surface area contributed by atoms with E-state index in [0.29, 0.717) is 16.9 Å². The van der Waals surface area contributed by atoms with Crippen LogP contribution >= 0.6 is 11.3 Å². The smallest absolute Gasteiger partial charge is 0.295 e. The van der Waals surface area contributed by atoms with Crippen LogP contribution in [-0.2, 0) is 9.84 Å². The van der Waals surface area contributed by atoms with Crippen LogP contribution in [0.25, 0.3) is 0 Å². The van der Waals surface area contributed by atoms with E-state index < -0.39 is 9.84 Å². The predicted octanol–water partition coefficient (Wildman–Crippen LogP) is -0.456. The van der Waals surface area contributed by atoms with Crippen molar-refractivity contribution >= 4 is 26.3 Å². The Morgan fingerprint density at radius 3 is 2.71 bits per heavy atom. The Balaban J connectivity index is 1.79. The van der Waals surface area contributed by atoms with Gasteiger partial charge in [0, 0.05) is 5.92 Å². The maximum absolute atomic E-state index is 10.8. The number of rotatable bonds is 3. The zero-order chi connectivity index (χ0) is 10.2. The molecule has 0 saturated carbocycles. The van der Waals surface area contributed by atoms with Crippen LogP contribution in [0.3, 0.4) is 0 Å². The molecule has 8 heteroatoms. The highest BCUT2D eigenvalue weighted by molar-refractivity contribution is 7.92. The molecule has 0 radical (unpaired) electrons. The monoisotopic (exact) mass is 235 g/mol. The highest BCUT2D eigenvalue weighted by Crippen LogP contribution is 2.23. The standard InChI is InChI=1S/C6H9N3O3S2/c7-5-8-9-6(13-5)12-1-4-2-14(10,11)3-4/h4H,1-3H2,(H2,7,8). The molecule has 0 bridgehead atoms. The van der Waals surface area contributed by atoms with E-state index in [2.05, 4.69) is 10.2 Å². The van der Waals surface area contributed by atoms with Crippen molar-refractivity contribution in [3.8, 4) is 5.19 Å². The van der Waals surface area contributed by atoms with E-state index in [1.165, 1.54) is 0 Å². The van der Waals surface area contributed by atoms with Crippen molar-refractivity contribution in [1.29, 1.82) is 0 Å². The first kappa shape index (κ1) is 9.66. The molecule has 78 valence electrons. The maximum atomic E-state index is 10.8. The summed E-state index contributed by atoms with van der Waals surface area (Å²) in [6, 6.07) is 0.